The molecular weight excluding hydrogens is 360 g/mol. The lowest BCUT2D eigenvalue weighted by Gasteiger charge is -2.08. The molecule has 0 radical (unpaired) electrons. The van der Waals surface area contributed by atoms with Gasteiger partial charge in [0.2, 0.25) is 6.79 Å². The molecular formula is C20H18N4O4. The minimum absolute atomic E-state index is 0.182. The van der Waals surface area contributed by atoms with E-state index in [9.17, 15) is 4.79 Å². The third-order valence-electron chi connectivity index (χ3n) is 3.97. The Morgan fingerprint density at radius 3 is 2.54 bits per heavy atom. The van der Waals surface area contributed by atoms with Gasteiger partial charge in [0.15, 0.2) is 23.0 Å². The van der Waals surface area contributed by atoms with Crippen LogP contribution in [0.4, 0.5) is 17.2 Å². The van der Waals surface area contributed by atoms with Crippen molar-refractivity contribution >= 4 is 23.1 Å². The van der Waals surface area contributed by atoms with Crippen LogP contribution in [0.15, 0.2) is 54.6 Å². The number of fused-ring (bicyclic) bond motifs is 1. The topological polar surface area (TPSA) is 94.6 Å². The number of nitrogens with one attached hydrogen (secondary N) is 2. The molecule has 0 saturated carbocycles. The average molecular weight is 378 g/mol. The number of anilines is 3. The zero-order valence-electron chi connectivity index (χ0n) is 15.1. The van der Waals surface area contributed by atoms with E-state index in [1.54, 1.807) is 30.3 Å². The highest BCUT2D eigenvalue weighted by Gasteiger charge is 2.15. The van der Waals surface area contributed by atoms with E-state index >= 15 is 0 Å². The maximum Gasteiger partial charge on any atom is 0.276 e. The molecule has 1 aliphatic rings. The number of nitrogens with zero attached hydrogens (tertiary/aromatic N) is 2. The minimum atomic E-state index is -0.362. The molecule has 28 heavy (non-hydrogen) atoms. The number of carbonyl (C=O) groups excluding carboxylic acids is 1. The lowest BCUT2D eigenvalue weighted by atomic mass is 10.2. The Hall–Kier alpha value is -3.81. The molecule has 0 unspecified atom stereocenters. The van der Waals surface area contributed by atoms with Gasteiger partial charge >= 0.3 is 0 Å². The fourth-order valence-electron chi connectivity index (χ4n) is 2.64. The van der Waals surface area contributed by atoms with Crippen molar-refractivity contribution in [2.24, 2.45) is 0 Å². The number of hydrogen-bond donors (Lipinski definition) is 2. The molecule has 1 aromatic heterocycles. The van der Waals surface area contributed by atoms with Crippen LogP contribution in [0, 0.1) is 0 Å². The van der Waals surface area contributed by atoms with Gasteiger partial charge in [0.05, 0.1) is 6.61 Å². The lowest BCUT2D eigenvalue weighted by Crippen LogP contribution is -2.14. The first-order valence-electron chi connectivity index (χ1n) is 8.76. The third kappa shape index (κ3) is 3.96. The van der Waals surface area contributed by atoms with Crippen molar-refractivity contribution in [3.8, 4) is 17.2 Å². The van der Waals surface area contributed by atoms with Gasteiger partial charge in [-0.25, -0.2) is 0 Å². The summed E-state index contributed by atoms with van der Waals surface area (Å²) in [7, 11) is 0. The van der Waals surface area contributed by atoms with Crippen molar-refractivity contribution in [1.82, 2.24) is 10.2 Å². The van der Waals surface area contributed by atoms with Crippen LogP contribution >= 0.6 is 0 Å². The van der Waals surface area contributed by atoms with Crippen molar-refractivity contribution in [3.05, 3.63) is 60.3 Å². The molecule has 1 aliphatic heterocycles. The fourth-order valence-corrected chi connectivity index (χ4v) is 2.64. The highest BCUT2D eigenvalue weighted by molar-refractivity contribution is 6.03. The number of aromatic nitrogens is 2. The first-order valence-corrected chi connectivity index (χ1v) is 8.76. The zero-order valence-corrected chi connectivity index (χ0v) is 15.1. The highest BCUT2D eigenvalue weighted by atomic mass is 16.7. The van der Waals surface area contributed by atoms with Crippen LogP contribution in [0.25, 0.3) is 0 Å². The van der Waals surface area contributed by atoms with Crippen LogP contribution < -0.4 is 24.8 Å². The number of carbonyl (C=O) groups is 1. The molecule has 8 heteroatoms. The maximum atomic E-state index is 12.4. The van der Waals surface area contributed by atoms with Crippen LogP contribution in [-0.2, 0) is 0 Å². The summed E-state index contributed by atoms with van der Waals surface area (Å²) in [5.41, 5.74) is 1.64. The average Bonchev–Trinajstić information content (AvgIpc) is 3.18. The second kappa shape index (κ2) is 7.83. The summed E-state index contributed by atoms with van der Waals surface area (Å²) < 4.78 is 16.0. The molecule has 8 nitrogen and oxygen atoms in total. The molecule has 2 N–H and O–H groups in total. The first-order chi connectivity index (χ1) is 13.7. The van der Waals surface area contributed by atoms with Gasteiger partial charge in [0.25, 0.3) is 5.91 Å². The van der Waals surface area contributed by atoms with Gasteiger partial charge < -0.3 is 24.8 Å². The minimum Gasteiger partial charge on any atom is -0.494 e. The number of amides is 1. The van der Waals surface area contributed by atoms with E-state index in [0.29, 0.717) is 29.6 Å². The second-order valence-corrected chi connectivity index (χ2v) is 5.91. The Morgan fingerprint density at radius 1 is 1.00 bits per heavy atom. The molecule has 2 aromatic carbocycles. The first kappa shape index (κ1) is 17.6. The molecule has 0 fully saturated rings. The summed E-state index contributed by atoms with van der Waals surface area (Å²) in [6.07, 6.45) is 0. The van der Waals surface area contributed by atoms with Gasteiger partial charge in [-0.05, 0) is 55.5 Å². The summed E-state index contributed by atoms with van der Waals surface area (Å²) in [4.78, 5) is 12.4. The molecule has 4 rings (SSSR count). The Balaban J connectivity index is 1.39. The molecule has 0 bridgehead atoms. The van der Waals surface area contributed by atoms with Gasteiger partial charge in [-0.1, -0.05) is 0 Å². The Morgan fingerprint density at radius 2 is 1.79 bits per heavy atom. The highest BCUT2D eigenvalue weighted by Crippen LogP contribution is 2.34. The molecule has 0 spiro atoms. The number of ether oxygens (including phenoxy) is 3. The largest absolute Gasteiger partial charge is 0.494 e. The normalized spacial score (nSPS) is 11.8. The summed E-state index contributed by atoms with van der Waals surface area (Å²) in [6.45, 7) is 2.74. The van der Waals surface area contributed by atoms with E-state index in [2.05, 4.69) is 20.8 Å². The van der Waals surface area contributed by atoms with Gasteiger partial charge in [-0.3, -0.25) is 4.79 Å². The van der Waals surface area contributed by atoms with Crippen molar-refractivity contribution < 1.29 is 19.0 Å². The van der Waals surface area contributed by atoms with Crippen molar-refractivity contribution in [2.75, 3.05) is 24.0 Å². The summed E-state index contributed by atoms with van der Waals surface area (Å²) >= 11 is 0. The van der Waals surface area contributed by atoms with E-state index in [1.807, 2.05) is 31.2 Å². The van der Waals surface area contributed by atoms with Gasteiger partial charge in [0.1, 0.15) is 5.75 Å². The number of benzene rings is 2. The molecule has 2 heterocycles. The number of hydrogen-bond acceptors (Lipinski definition) is 7. The maximum absolute atomic E-state index is 12.4. The molecule has 142 valence electrons. The predicted molar refractivity (Wildman–Crippen MR) is 103 cm³/mol. The van der Waals surface area contributed by atoms with E-state index in [4.69, 9.17) is 14.2 Å². The Bertz CT molecular complexity index is 975. The quantitative estimate of drug-likeness (QED) is 0.677. The van der Waals surface area contributed by atoms with Gasteiger partial charge in [0, 0.05) is 17.4 Å². The molecule has 0 saturated heterocycles. The molecule has 3 aromatic rings. The molecule has 0 aliphatic carbocycles. The smallest absolute Gasteiger partial charge is 0.276 e. The van der Waals surface area contributed by atoms with Crippen molar-refractivity contribution in [2.45, 2.75) is 6.92 Å². The van der Waals surface area contributed by atoms with Crippen molar-refractivity contribution in [1.29, 1.82) is 0 Å². The second-order valence-electron chi connectivity index (χ2n) is 5.91. The standard InChI is InChI=1S/C20H18N4O4/c1-2-26-15-6-3-13(4-7-15)21-19-10-8-16(23-24-19)20(25)22-14-5-9-17-18(11-14)28-12-27-17/h3-11H,2,12H2,1H3,(H,21,24)(H,22,25). The van der Waals surface area contributed by atoms with Crippen LogP contribution in [0.3, 0.4) is 0 Å². The van der Waals surface area contributed by atoms with Crippen molar-refractivity contribution in [3.63, 3.8) is 0 Å². The monoisotopic (exact) mass is 378 g/mol. The lowest BCUT2D eigenvalue weighted by molar-refractivity contribution is 0.102. The van der Waals surface area contributed by atoms with Gasteiger partial charge in [-0.15, -0.1) is 10.2 Å². The number of rotatable bonds is 6. The Kier molecular flexibility index (Phi) is 4.92. The van der Waals surface area contributed by atoms with E-state index in [0.717, 1.165) is 11.4 Å². The van der Waals surface area contributed by atoms with Crippen LogP contribution in [-0.4, -0.2) is 29.5 Å². The van der Waals surface area contributed by atoms with E-state index in [-0.39, 0.29) is 18.4 Å². The fraction of sp³-hybridized carbons (Fsp3) is 0.150. The summed E-state index contributed by atoms with van der Waals surface area (Å²) in [5, 5.41) is 13.9. The third-order valence-corrected chi connectivity index (χ3v) is 3.97. The van der Waals surface area contributed by atoms with Crippen LogP contribution in [0.5, 0.6) is 17.2 Å². The van der Waals surface area contributed by atoms with Crippen LogP contribution in [0.1, 0.15) is 17.4 Å². The van der Waals surface area contributed by atoms with E-state index in [1.165, 1.54) is 0 Å². The Labute approximate surface area is 161 Å². The molecule has 1 amide bonds. The predicted octanol–water partition coefficient (Wildman–Crippen LogP) is 3.60. The zero-order chi connectivity index (χ0) is 19.3. The van der Waals surface area contributed by atoms with Gasteiger partial charge in [-0.2, -0.15) is 0 Å². The van der Waals surface area contributed by atoms with Crippen LogP contribution in [0.2, 0.25) is 0 Å². The summed E-state index contributed by atoms with van der Waals surface area (Å²) in [6, 6.07) is 16.0. The van der Waals surface area contributed by atoms with E-state index < -0.39 is 0 Å². The molecule has 0 atom stereocenters. The summed E-state index contributed by atoms with van der Waals surface area (Å²) in [5.74, 6) is 2.22. The SMILES string of the molecule is CCOc1ccc(Nc2ccc(C(=O)Nc3ccc4c(c3)OCO4)nn2)cc1.